The molecular weight excluding hydrogens is 346 g/mol. The van der Waals surface area contributed by atoms with E-state index in [1.54, 1.807) is 7.05 Å². The summed E-state index contributed by atoms with van der Waals surface area (Å²) in [5.41, 5.74) is -0.494. The molecule has 1 unspecified atom stereocenters. The van der Waals surface area contributed by atoms with Crippen LogP contribution in [-0.2, 0) is 19.1 Å². The Morgan fingerprint density at radius 2 is 1.78 bits per heavy atom. The maximum atomic E-state index is 13.2. The minimum absolute atomic E-state index is 0.104. The number of rotatable bonds is 6. The standard InChI is InChI=1S/C20H37N3O4/c1-13(2)15(19(26)27-8)23(7)18(25)16(20(3,4)5)21-17(24)14-11-9-10-12-22(14)6/h13-16H,9-12H2,1-8H3,(H,21,24)/t14?,15-,16+/m0/s1. The Balaban J connectivity index is 3.03. The molecule has 0 radical (unpaired) electrons. The lowest BCUT2D eigenvalue weighted by Gasteiger charge is -2.39. The molecule has 0 saturated carbocycles. The molecule has 0 spiro atoms. The van der Waals surface area contributed by atoms with Crippen LogP contribution >= 0.6 is 0 Å². The third-order valence-electron chi connectivity index (χ3n) is 5.31. The number of ether oxygens (including phenoxy) is 1. The summed E-state index contributed by atoms with van der Waals surface area (Å²) >= 11 is 0. The van der Waals surface area contributed by atoms with E-state index in [1.807, 2.05) is 46.6 Å². The first-order valence-electron chi connectivity index (χ1n) is 9.77. The van der Waals surface area contributed by atoms with Gasteiger partial charge in [-0.3, -0.25) is 14.5 Å². The molecule has 1 aliphatic rings. The van der Waals surface area contributed by atoms with Gasteiger partial charge in [0.15, 0.2) is 0 Å². The van der Waals surface area contributed by atoms with Gasteiger partial charge in [-0.05, 0) is 37.8 Å². The van der Waals surface area contributed by atoms with Gasteiger partial charge in [-0.2, -0.15) is 0 Å². The lowest BCUT2D eigenvalue weighted by Crippen LogP contribution is -2.60. The molecule has 7 heteroatoms. The van der Waals surface area contributed by atoms with E-state index < -0.39 is 23.5 Å². The topological polar surface area (TPSA) is 79.0 Å². The molecule has 1 rings (SSSR count). The van der Waals surface area contributed by atoms with Crippen LogP contribution in [0.15, 0.2) is 0 Å². The normalized spacial score (nSPS) is 20.7. The van der Waals surface area contributed by atoms with Crippen molar-refractivity contribution in [3.8, 4) is 0 Å². The Labute approximate surface area is 163 Å². The molecule has 0 aromatic rings. The van der Waals surface area contributed by atoms with Crippen LogP contribution in [0, 0.1) is 11.3 Å². The minimum atomic E-state index is -0.726. The van der Waals surface area contributed by atoms with Gasteiger partial charge in [-0.25, -0.2) is 4.79 Å². The second-order valence-electron chi connectivity index (χ2n) is 8.96. The molecule has 1 saturated heterocycles. The van der Waals surface area contributed by atoms with Gasteiger partial charge in [0.2, 0.25) is 11.8 Å². The molecule has 1 fully saturated rings. The second kappa shape index (κ2) is 9.53. The Morgan fingerprint density at radius 1 is 1.19 bits per heavy atom. The van der Waals surface area contributed by atoms with E-state index in [2.05, 4.69) is 5.32 Å². The number of carbonyl (C=O) groups excluding carboxylic acids is 3. The number of carbonyl (C=O) groups is 3. The molecule has 1 heterocycles. The van der Waals surface area contributed by atoms with E-state index in [0.29, 0.717) is 0 Å². The molecule has 3 atom stereocenters. The van der Waals surface area contributed by atoms with Crippen LogP contribution in [0.5, 0.6) is 0 Å². The van der Waals surface area contributed by atoms with Crippen molar-refractivity contribution in [1.29, 1.82) is 0 Å². The SMILES string of the molecule is COC(=O)[C@H](C(C)C)N(C)C(=O)[C@@H](NC(=O)C1CCCCN1C)C(C)(C)C. The molecule has 1 N–H and O–H groups in total. The number of piperidine rings is 1. The predicted octanol–water partition coefficient (Wildman–Crippen LogP) is 1.66. The Morgan fingerprint density at radius 3 is 2.22 bits per heavy atom. The zero-order valence-electron chi connectivity index (χ0n) is 18.2. The highest BCUT2D eigenvalue weighted by Gasteiger charge is 2.41. The summed E-state index contributed by atoms with van der Waals surface area (Å²) in [6.45, 7) is 10.4. The van der Waals surface area contributed by atoms with E-state index in [0.717, 1.165) is 25.8 Å². The number of esters is 1. The molecule has 156 valence electrons. The molecule has 2 amide bonds. The van der Waals surface area contributed by atoms with Crippen LogP contribution in [-0.4, -0.2) is 73.5 Å². The van der Waals surface area contributed by atoms with Crippen molar-refractivity contribution in [1.82, 2.24) is 15.1 Å². The lowest BCUT2D eigenvalue weighted by atomic mass is 9.84. The van der Waals surface area contributed by atoms with Crippen molar-refractivity contribution in [2.75, 3.05) is 27.7 Å². The molecule has 0 bridgehead atoms. The van der Waals surface area contributed by atoms with Crippen molar-refractivity contribution in [3.05, 3.63) is 0 Å². The van der Waals surface area contributed by atoms with Gasteiger partial charge in [0.1, 0.15) is 12.1 Å². The molecule has 27 heavy (non-hydrogen) atoms. The van der Waals surface area contributed by atoms with E-state index in [9.17, 15) is 14.4 Å². The third kappa shape index (κ3) is 5.92. The Kier molecular flexibility index (Phi) is 8.26. The number of hydrogen-bond acceptors (Lipinski definition) is 5. The van der Waals surface area contributed by atoms with Crippen LogP contribution in [0.1, 0.15) is 53.9 Å². The Bertz CT molecular complexity index is 542. The van der Waals surface area contributed by atoms with Crippen molar-refractivity contribution < 1.29 is 19.1 Å². The summed E-state index contributed by atoms with van der Waals surface area (Å²) in [5.74, 6) is -0.963. The summed E-state index contributed by atoms with van der Waals surface area (Å²) < 4.78 is 4.87. The fraction of sp³-hybridized carbons (Fsp3) is 0.850. The van der Waals surface area contributed by atoms with Gasteiger partial charge in [0.05, 0.1) is 13.2 Å². The van der Waals surface area contributed by atoms with Crippen molar-refractivity contribution in [2.45, 2.75) is 72.0 Å². The highest BCUT2D eigenvalue weighted by molar-refractivity contribution is 5.92. The van der Waals surface area contributed by atoms with Crippen molar-refractivity contribution in [2.24, 2.45) is 11.3 Å². The van der Waals surface area contributed by atoms with Crippen LogP contribution in [0.3, 0.4) is 0 Å². The van der Waals surface area contributed by atoms with E-state index >= 15 is 0 Å². The molecule has 0 aliphatic carbocycles. The molecule has 1 aliphatic heterocycles. The van der Waals surface area contributed by atoms with Gasteiger partial charge in [-0.15, -0.1) is 0 Å². The van der Waals surface area contributed by atoms with E-state index in [4.69, 9.17) is 4.74 Å². The maximum absolute atomic E-state index is 13.2. The average molecular weight is 384 g/mol. The van der Waals surface area contributed by atoms with Crippen molar-refractivity contribution >= 4 is 17.8 Å². The van der Waals surface area contributed by atoms with Gasteiger partial charge < -0.3 is 15.0 Å². The second-order valence-corrected chi connectivity index (χ2v) is 8.96. The zero-order valence-corrected chi connectivity index (χ0v) is 18.2. The minimum Gasteiger partial charge on any atom is -0.467 e. The number of hydrogen-bond donors (Lipinski definition) is 1. The summed E-state index contributed by atoms with van der Waals surface area (Å²) in [5, 5.41) is 2.96. The average Bonchev–Trinajstić information content (AvgIpc) is 2.57. The number of nitrogens with zero attached hydrogens (tertiary/aromatic N) is 2. The van der Waals surface area contributed by atoms with Crippen LogP contribution in [0.25, 0.3) is 0 Å². The number of likely N-dealkylation sites (N-methyl/N-ethyl adjacent to an activating group) is 2. The quantitative estimate of drug-likeness (QED) is 0.706. The van der Waals surface area contributed by atoms with Gasteiger partial charge in [0.25, 0.3) is 0 Å². The first-order chi connectivity index (χ1) is 12.4. The summed E-state index contributed by atoms with van der Waals surface area (Å²) in [6, 6.07) is -1.64. The molecule has 0 aromatic heterocycles. The fourth-order valence-corrected chi connectivity index (χ4v) is 3.63. The maximum Gasteiger partial charge on any atom is 0.328 e. The largest absolute Gasteiger partial charge is 0.467 e. The highest BCUT2D eigenvalue weighted by Crippen LogP contribution is 2.24. The van der Waals surface area contributed by atoms with E-state index in [-0.39, 0.29) is 23.8 Å². The molecule has 0 aromatic carbocycles. The molecule has 7 nitrogen and oxygen atoms in total. The van der Waals surface area contributed by atoms with Crippen LogP contribution in [0.4, 0.5) is 0 Å². The summed E-state index contributed by atoms with van der Waals surface area (Å²) in [4.78, 5) is 41.7. The number of methoxy groups -OCH3 is 1. The van der Waals surface area contributed by atoms with Crippen LogP contribution in [0.2, 0.25) is 0 Å². The smallest absolute Gasteiger partial charge is 0.328 e. The molecular formula is C20H37N3O4. The number of nitrogens with one attached hydrogen (secondary N) is 1. The summed E-state index contributed by atoms with van der Waals surface area (Å²) in [7, 11) is 4.86. The lowest BCUT2D eigenvalue weighted by molar-refractivity contribution is -0.155. The van der Waals surface area contributed by atoms with Crippen molar-refractivity contribution in [3.63, 3.8) is 0 Å². The van der Waals surface area contributed by atoms with E-state index in [1.165, 1.54) is 12.0 Å². The van der Waals surface area contributed by atoms with Gasteiger partial charge in [0, 0.05) is 7.05 Å². The third-order valence-corrected chi connectivity index (χ3v) is 5.31. The van der Waals surface area contributed by atoms with Gasteiger partial charge >= 0.3 is 5.97 Å². The predicted molar refractivity (Wildman–Crippen MR) is 105 cm³/mol. The first-order valence-corrected chi connectivity index (χ1v) is 9.77. The fourth-order valence-electron chi connectivity index (χ4n) is 3.63. The Hall–Kier alpha value is -1.63. The number of amides is 2. The van der Waals surface area contributed by atoms with Crippen LogP contribution < -0.4 is 5.32 Å². The summed E-state index contributed by atoms with van der Waals surface area (Å²) in [6.07, 6.45) is 2.88. The number of likely N-dealkylation sites (tertiary alicyclic amines) is 1. The monoisotopic (exact) mass is 383 g/mol. The van der Waals surface area contributed by atoms with Gasteiger partial charge in [-0.1, -0.05) is 41.0 Å². The highest BCUT2D eigenvalue weighted by atomic mass is 16.5. The first kappa shape index (κ1) is 23.4. The zero-order chi connectivity index (χ0) is 20.9.